The van der Waals surface area contributed by atoms with Crippen molar-refractivity contribution in [1.29, 1.82) is 0 Å². The smallest absolute Gasteiger partial charge is 0.326 e. The first-order chi connectivity index (χ1) is 35.7. The number of likely N-dealkylation sites (tertiary alicyclic amines) is 1. The van der Waals surface area contributed by atoms with Crippen molar-refractivity contribution in [1.82, 2.24) is 42.1 Å². The van der Waals surface area contributed by atoms with Crippen LogP contribution in [-0.2, 0) is 64.0 Å². The number of carboxylic acids is 2. The minimum Gasteiger partial charge on any atom is -0.481 e. The fourth-order valence-corrected chi connectivity index (χ4v) is 7.97. The van der Waals surface area contributed by atoms with E-state index < -0.39 is 145 Å². The molecule has 76 heavy (non-hydrogen) atoms. The van der Waals surface area contributed by atoms with Crippen molar-refractivity contribution in [3.63, 3.8) is 0 Å². The van der Waals surface area contributed by atoms with Gasteiger partial charge in [0.15, 0.2) is 5.96 Å². The molecule has 1 saturated heterocycles. The number of carbonyl (C=O) groups excluding carboxylic acids is 10. The van der Waals surface area contributed by atoms with Crippen LogP contribution in [-0.4, -0.2) is 160 Å². The highest BCUT2D eigenvalue weighted by Crippen LogP contribution is 2.19. The standard InChI is InChI=1S/C48H76N14O14/c1-25(2)20-31(41(69)55-24-38(65)62-19-9-13-35(62)46(74)57-29(14-16-36(50)63)43(71)61-34(47(75)76)21-26(3)4)59-45(73)33(23-37(51)64)60-42(70)30(15-17-39(66)67)56-44(72)32(22-27-10-6-5-7-11-27)58-40(68)28(49)12-8-18-54-48(52)53/h5-7,10-11,25-26,28-35H,8-9,12-24,49H2,1-4H3,(H2,50,63)(H2,51,64)(H,55,69)(H,56,72)(H,57,74)(H,58,68)(H,59,73)(H,60,70)(H,61,71)(H,66,67)(H,75,76)(H4,52,53,54)/t28-,29-,30-,31-,32-,33-,34-,35-/m0/s1. The maximum atomic E-state index is 13.9. The van der Waals surface area contributed by atoms with Gasteiger partial charge in [-0.25, -0.2) is 4.79 Å². The first-order valence-corrected chi connectivity index (χ1v) is 24.9. The Labute approximate surface area is 439 Å². The van der Waals surface area contributed by atoms with Crippen molar-refractivity contribution in [3.05, 3.63) is 35.9 Å². The van der Waals surface area contributed by atoms with Gasteiger partial charge in [-0.3, -0.25) is 57.7 Å². The van der Waals surface area contributed by atoms with Crippen molar-refractivity contribution in [2.45, 2.75) is 153 Å². The monoisotopic (exact) mass is 1070 g/mol. The summed E-state index contributed by atoms with van der Waals surface area (Å²) >= 11 is 0. The number of primary amides is 2. The molecule has 2 rings (SSSR count). The minimum atomic E-state index is -1.79. The number of nitrogens with two attached hydrogens (primary N) is 5. The lowest BCUT2D eigenvalue weighted by molar-refractivity contribution is -0.143. The average Bonchev–Trinajstić information content (AvgIpc) is 3.84. The normalized spacial score (nSPS) is 15.8. The number of nitrogens with one attached hydrogen (secondary N) is 7. The van der Waals surface area contributed by atoms with E-state index in [0.717, 1.165) is 4.90 Å². The quantitative estimate of drug-likeness (QED) is 0.0177. The first kappa shape index (κ1) is 64.2. The fourth-order valence-electron chi connectivity index (χ4n) is 7.97. The number of aliphatic imine (C=N–C) groups is 1. The molecule has 8 atom stereocenters. The number of hydrogen-bond donors (Lipinski definition) is 14. The van der Waals surface area contributed by atoms with Crippen LogP contribution in [0.3, 0.4) is 0 Å². The van der Waals surface area contributed by atoms with Gasteiger partial charge in [0.05, 0.1) is 19.0 Å². The summed E-state index contributed by atoms with van der Waals surface area (Å²) in [5.74, 6) is -12.3. The van der Waals surface area contributed by atoms with Crippen LogP contribution in [0.15, 0.2) is 35.3 Å². The topological polar surface area (TPSA) is 475 Å². The van der Waals surface area contributed by atoms with E-state index in [4.69, 9.17) is 28.7 Å². The number of aliphatic carboxylic acids is 2. The van der Waals surface area contributed by atoms with E-state index in [2.05, 4.69) is 42.2 Å². The lowest BCUT2D eigenvalue weighted by atomic mass is 10.0. The van der Waals surface area contributed by atoms with E-state index in [1.165, 1.54) is 0 Å². The first-order valence-electron chi connectivity index (χ1n) is 24.9. The number of amides is 10. The molecule has 0 bridgehead atoms. The van der Waals surface area contributed by atoms with Crippen molar-refractivity contribution < 1.29 is 67.7 Å². The highest BCUT2D eigenvalue weighted by Gasteiger charge is 2.38. The second kappa shape index (κ2) is 32.4. The zero-order chi connectivity index (χ0) is 57.2. The number of hydrogen-bond acceptors (Lipinski definition) is 14. The number of rotatable bonds is 34. The van der Waals surface area contributed by atoms with Crippen LogP contribution in [0.5, 0.6) is 0 Å². The Hall–Kier alpha value is -7.91. The van der Waals surface area contributed by atoms with E-state index >= 15 is 0 Å². The van der Waals surface area contributed by atoms with Gasteiger partial charge in [0.1, 0.15) is 42.3 Å². The molecule has 422 valence electrons. The lowest BCUT2D eigenvalue weighted by Gasteiger charge is -2.28. The van der Waals surface area contributed by atoms with Crippen molar-refractivity contribution in [3.8, 4) is 0 Å². The molecule has 1 fully saturated rings. The SMILES string of the molecule is CC(C)C[C@H](NC(=O)[C@H](CCC(N)=O)NC(=O)[C@@H]1CCCN1C(=O)CNC(=O)[C@H](CC(C)C)NC(=O)[C@H](CC(N)=O)NC(=O)[C@H](CCC(=O)O)NC(=O)[C@H](Cc1ccccc1)NC(=O)[C@@H](N)CCCN=C(N)N)C(=O)O. The Bertz CT molecular complexity index is 2240. The third-order valence-corrected chi connectivity index (χ3v) is 11.8. The molecule has 0 aliphatic carbocycles. The average molecular weight is 1070 g/mol. The van der Waals surface area contributed by atoms with Crippen LogP contribution in [0.25, 0.3) is 0 Å². The van der Waals surface area contributed by atoms with Crippen molar-refractivity contribution in [2.24, 2.45) is 45.5 Å². The van der Waals surface area contributed by atoms with Gasteiger partial charge in [-0.1, -0.05) is 58.0 Å². The molecule has 10 amide bonds. The van der Waals surface area contributed by atoms with Gasteiger partial charge in [0.2, 0.25) is 59.1 Å². The van der Waals surface area contributed by atoms with Gasteiger partial charge < -0.3 is 81.0 Å². The number of carboxylic acid groups (broad SMARTS) is 2. The maximum Gasteiger partial charge on any atom is 0.326 e. The minimum absolute atomic E-state index is 0.0435. The van der Waals surface area contributed by atoms with Crippen LogP contribution >= 0.6 is 0 Å². The van der Waals surface area contributed by atoms with Gasteiger partial charge in [-0.05, 0) is 68.8 Å². The summed E-state index contributed by atoms with van der Waals surface area (Å²) in [7, 11) is 0. The van der Waals surface area contributed by atoms with E-state index in [9.17, 15) is 67.7 Å². The number of guanidine groups is 1. The van der Waals surface area contributed by atoms with Crippen LogP contribution in [0.2, 0.25) is 0 Å². The molecule has 1 aliphatic rings. The zero-order valence-electron chi connectivity index (χ0n) is 43.3. The van der Waals surface area contributed by atoms with E-state index in [-0.39, 0.29) is 75.8 Å². The third-order valence-electron chi connectivity index (χ3n) is 11.8. The predicted molar refractivity (Wildman–Crippen MR) is 273 cm³/mol. The van der Waals surface area contributed by atoms with E-state index in [1.807, 2.05) is 0 Å². The summed E-state index contributed by atoms with van der Waals surface area (Å²) in [5.41, 5.74) is 28.1. The second-order valence-corrected chi connectivity index (χ2v) is 19.3. The van der Waals surface area contributed by atoms with Gasteiger partial charge in [0.25, 0.3) is 0 Å². The van der Waals surface area contributed by atoms with E-state index in [1.54, 1.807) is 58.0 Å². The molecule has 0 radical (unpaired) electrons. The number of nitrogens with zero attached hydrogens (tertiary/aromatic N) is 2. The zero-order valence-corrected chi connectivity index (χ0v) is 43.3. The highest BCUT2D eigenvalue weighted by atomic mass is 16.4. The summed E-state index contributed by atoms with van der Waals surface area (Å²) in [6.07, 6.45) is -1.79. The van der Waals surface area contributed by atoms with Crippen LogP contribution in [0.4, 0.5) is 0 Å². The Morgan fingerprint density at radius 2 is 1.16 bits per heavy atom. The molecule has 28 heteroatoms. The van der Waals surface area contributed by atoms with Gasteiger partial charge in [-0.2, -0.15) is 0 Å². The van der Waals surface area contributed by atoms with Crippen LogP contribution < -0.4 is 65.9 Å². The molecule has 0 saturated carbocycles. The van der Waals surface area contributed by atoms with Gasteiger partial charge in [-0.15, -0.1) is 0 Å². The van der Waals surface area contributed by atoms with Crippen molar-refractivity contribution in [2.75, 3.05) is 19.6 Å². The van der Waals surface area contributed by atoms with Crippen LogP contribution in [0.1, 0.15) is 104 Å². The van der Waals surface area contributed by atoms with Gasteiger partial charge >= 0.3 is 11.9 Å². The molecule has 1 aliphatic heterocycles. The molecular formula is C48H76N14O14. The van der Waals surface area contributed by atoms with Crippen molar-refractivity contribution >= 4 is 77.0 Å². The molecule has 0 aromatic heterocycles. The molecule has 1 aromatic rings. The number of carbonyl (C=O) groups is 12. The fraction of sp³-hybridized carbons (Fsp3) is 0.604. The van der Waals surface area contributed by atoms with E-state index in [0.29, 0.717) is 18.4 Å². The summed E-state index contributed by atoms with van der Waals surface area (Å²) in [4.78, 5) is 162. The second-order valence-electron chi connectivity index (χ2n) is 19.3. The Morgan fingerprint density at radius 3 is 1.72 bits per heavy atom. The van der Waals surface area contributed by atoms with Crippen LogP contribution in [0, 0.1) is 11.8 Å². The molecular weight excluding hydrogens is 997 g/mol. The largest absolute Gasteiger partial charge is 0.481 e. The summed E-state index contributed by atoms with van der Waals surface area (Å²) < 4.78 is 0. The molecule has 19 N–H and O–H groups in total. The Balaban J connectivity index is 2.28. The third kappa shape index (κ3) is 24.0. The summed E-state index contributed by atoms with van der Waals surface area (Å²) in [6.45, 7) is 6.48. The summed E-state index contributed by atoms with van der Waals surface area (Å²) in [5, 5.41) is 36.3. The molecule has 1 heterocycles. The number of benzene rings is 1. The summed E-state index contributed by atoms with van der Waals surface area (Å²) in [6, 6.07) is -2.74. The molecule has 1 aromatic carbocycles. The highest BCUT2D eigenvalue weighted by molar-refractivity contribution is 5.99. The maximum absolute atomic E-state index is 13.9. The molecule has 0 spiro atoms. The predicted octanol–water partition coefficient (Wildman–Crippen LogP) is -4.19. The van der Waals surface area contributed by atoms with Gasteiger partial charge in [0, 0.05) is 32.4 Å². The Morgan fingerprint density at radius 1 is 0.632 bits per heavy atom. The lowest BCUT2D eigenvalue weighted by Crippen LogP contribution is -2.60. The Kier molecular flexibility index (Phi) is 27.4. The molecule has 28 nitrogen and oxygen atoms in total. The molecule has 0 unspecified atom stereocenters.